The molecule has 1 amide bonds. The highest BCUT2D eigenvalue weighted by Gasteiger charge is 2.16. The summed E-state index contributed by atoms with van der Waals surface area (Å²) < 4.78 is 14.4. The van der Waals surface area contributed by atoms with Gasteiger partial charge in [-0.1, -0.05) is 29.0 Å². The van der Waals surface area contributed by atoms with E-state index in [2.05, 4.69) is 4.99 Å². The second-order valence-corrected chi connectivity index (χ2v) is 7.34. The van der Waals surface area contributed by atoms with Crippen molar-refractivity contribution in [3.63, 3.8) is 0 Å². The number of rotatable bonds is 2. The lowest BCUT2D eigenvalue weighted by molar-refractivity contribution is 0.0997. The molecular formula is C20H20N2O3S. The molecule has 2 aromatic carbocycles. The Kier molecular flexibility index (Phi) is 4.28. The molecule has 5 nitrogen and oxygen atoms in total. The number of carbonyl (C=O) groups is 1. The first-order valence-electron chi connectivity index (χ1n) is 8.66. The Morgan fingerprint density at radius 3 is 2.58 bits per heavy atom. The van der Waals surface area contributed by atoms with Crippen LogP contribution in [0, 0.1) is 13.8 Å². The minimum Gasteiger partial charge on any atom is -0.486 e. The lowest BCUT2D eigenvalue weighted by atomic mass is 10.1. The largest absolute Gasteiger partial charge is 0.486 e. The molecule has 6 heteroatoms. The molecule has 4 rings (SSSR count). The highest BCUT2D eigenvalue weighted by atomic mass is 32.1. The van der Waals surface area contributed by atoms with E-state index in [0.717, 1.165) is 39.4 Å². The number of aromatic nitrogens is 1. The van der Waals surface area contributed by atoms with Gasteiger partial charge in [0.2, 0.25) is 0 Å². The number of hydrogen-bond donors (Lipinski definition) is 0. The third-order valence-electron chi connectivity index (χ3n) is 4.47. The predicted molar refractivity (Wildman–Crippen MR) is 102 cm³/mol. The summed E-state index contributed by atoms with van der Waals surface area (Å²) in [5, 5.41) is 0. The van der Waals surface area contributed by atoms with Crippen LogP contribution < -0.4 is 14.3 Å². The zero-order chi connectivity index (χ0) is 18.3. The number of carbonyl (C=O) groups excluding carboxylic acids is 1. The fraction of sp³-hybridized carbons (Fsp3) is 0.300. The van der Waals surface area contributed by atoms with Gasteiger partial charge in [0.15, 0.2) is 16.3 Å². The third kappa shape index (κ3) is 2.90. The zero-order valence-electron chi connectivity index (χ0n) is 15.0. The number of amides is 1. The molecule has 0 saturated carbocycles. The molecule has 0 spiro atoms. The van der Waals surface area contributed by atoms with E-state index < -0.39 is 0 Å². The summed E-state index contributed by atoms with van der Waals surface area (Å²) >= 11 is 1.49. The standard InChI is InChI=1S/C20H20N2O3S/c1-4-22-15-10-16-17(25-8-7-24-16)11-18(15)26-20(22)21-19(23)14-6-5-12(2)9-13(14)3/h5-6,9-11H,4,7-8H2,1-3H3. The van der Waals surface area contributed by atoms with E-state index in [-0.39, 0.29) is 5.91 Å². The van der Waals surface area contributed by atoms with Crippen molar-refractivity contribution in [2.75, 3.05) is 13.2 Å². The number of aryl methyl sites for hydroxylation is 3. The summed E-state index contributed by atoms with van der Waals surface area (Å²) in [6.45, 7) is 7.83. The van der Waals surface area contributed by atoms with Crippen LogP contribution in [-0.4, -0.2) is 23.7 Å². The number of hydrogen-bond acceptors (Lipinski definition) is 4. The first kappa shape index (κ1) is 16.8. The molecule has 0 unspecified atom stereocenters. The second kappa shape index (κ2) is 6.61. The van der Waals surface area contributed by atoms with Crippen LogP contribution in [0.2, 0.25) is 0 Å². The number of benzene rings is 2. The van der Waals surface area contributed by atoms with E-state index in [1.165, 1.54) is 11.3 Å². The zero-order valence-corrected chi connectivity index (χ0v) is 15.9. The van der Waals surface area contributed by atoms with Crippen LogP contribution in [0.1, 0.15) is 28.4 Å². The van der Waals surface area contributed by atoms with Crippen molar-refractivity contribution in [1.29, 1.82) is 0 Å². The summed E-state index contributed by atoms with van der Waals surface area (Å²) in [6, 6.07) is 9.74. The van der Waals surface area contributed by atoms with Gasteiger partial charge in [-0.25, -0.2) is 0 Å². The number of fused-ring (bicyclic) bond motifs is 2. The smallest absolute Gasteiger partial charge is 0.279 e. The van der Waals surface area contributed by atoms with Gasteiger partial charge < -0.3 is 14.0 Å². The van der Waals surface area contributed by atoms with Crippen LogP contribution in [0.25, 0.3) is 10.2 Å². The quantitative estimate of drug-likeness (QED) is 0.690. The van der Waals surface area contributed by atoms with Gasteiger partial charge in [-0.2, -0.15) is 4.99 Å². The average molecular weight is 368 g/mol. The maximum absolute atomic E-state index is 12.7. The highest BCUT2D eigenvalue weighted by molar-refractivity contribution is 7.16. The Morgan fingerprint density at radius 2 is 1.88 bits per heavy atom. The SMILES string of the molecule is CCn1c(=NC(=O)c2ccc(C)cc2C)sc2cc3c(cc21)OCCO3. The minimum atomic E-state index is -0.214. The van der Waals surface area contributed by atoms with E-state index in [1.54, 1.807) is 0 Å². The normalized spacial score (nSPS) is 14.0. The summed E-state index contributed by atoms with van der Waals surface area (Å²) in [4.78, 5) is 17.8. The van der Waals surface area contributed by atoms with Crippen LogP contribution in [0.15, 0.2) is 35.3 Å². The van der Waals surface area contributed by atoms with E-state index in [1.807, 2.05) is 55.7 Å². The van der Waals surface area contributed by atoms with Crippen LogP contribution >= 0.6 is 11.3 Å². The van der Waals surface area contributed by atoms with Crippen molar-refractivity contribution >= 4 is 27.5 Å². The highest BCUT2D eigenvalue weighted by Crippen LogP contribution is 2.35. The van der Waals surface area contributed by atoms with Crippen molar-refractivity contribution in [1.82, 2.24) is 4.57 Å². The van der Waals surface area contributed by atoms with Crippen LogP contribution in [0.5, 0.6) is 11.5 Å². The first-order valence-corrected chi connectivity index (χ1v) is 9.47. The maximum atomic E-state index is 12.7. The van der Waals surface area contributed by atoms with Gasteiger partial charge in [0, 0.05) is 24.2 Å². The van der Waals surface area contributed by atoms with E-state index in [9.17, 15) is 4.79 Å². The summed E-state index contributed by atoms with van der Waals surface area (Å²) in [5.74, 6) is 1.28. The van der Waals surface area contributed by atoms with Crippen molar-refractivity contribution in [2.24, 2.45) is 4.99 Å². The van der Waals surface area contributed by atoms with Crippen molar-refractivity contribution in [3.8, 4) is 11.5 Å². The average Bonchev–Trinajstić information content (AvgIpc) is 2.95. The molecule has 134 valence electrons. The Morgan fingerprint density at radius 1 is 1.15 bits per heavy atom. The molecule has 0 saturated heterocycles. The number of thiazole rings is 1. The summed E-state index contributed by atoms with van der Waals surface area (Å²) in [5.41, 5.74) is 3.73. The van der Waals surface area contributed by atoms with E-state index in [4.69, 9.17) is 9.47 Å². The molecular weight excluding hydrogens is 348 g/mol. The number of nitrogens with zero attached hydrogens (tertiary/aromatic N) is 2. The van der Waals surface area contributed by atoms with Gasteiger partial charge >= 0.3 is 0 Å². The topological polar surface area (TPSA) is 52.8 Å². The van der Waals surface area contributed by atoms with E-state index >= 15 is 0 Å². The van der Waals surface area contributed by atoms with Crippen molar-refractivity contribution in [3.05, 3.63) is 51.8 Å². The van der Waals surface area contributed by atoms with Crippen molar-refractivity contribution in [2.45, 2.75) is 27.3 Å². The minimum absolute atomic E-state index is 0.214. The molecule has 26 heavy (non-hydrogen) atoms. The molecule has 0 aliphatic carbocycles. The van der Waals surface area contributed by atoms with Crippen LogP contribution in [0.3, 0.4) is 0 Å². The molecule has 0 atom stereocenters. The predicted octanol–water partition coefficient (Wildman–Crippen LogP) is 3.85. The molecule has 3 aromatic rings. The maximum Gasteiger partial charge on any atom is 0.279 e. The summed E-state index contributed by atoms with van der Waals surface area (Å²) in [6.07, 6.45) is 0. The lowest BCUT2D eigenvalue weighted by Gasteiger charge is -2.18. The van der Waals surface area contributed by atoms with Gasteiger partial charge in [0.05, 0.1) is 10.2 Å². The molecule has 0 N–H and O–H groups in total. The first-order chi connectivity index (χ1) is 12.6. The van der Waals surface area contributed by atoms with Crippen molar-refractivity contribution < 1.29 is 14.3 Å². The fourth-order valence-corrected chi connectivity index (χ4v) is 4.30. The van der Waals surface area contributed by atoms with Gasteiger partial charge in [0.25, 0.3) is 5.91 Å². The number of ether oxygens (including phenoxy) is 2. The molecule has 1 aromatic heterocycles. The van der Waals surface area contributed by atoms with Gasteiger partial charge in [-0.3, -0.25) is 4.79 Å². The fourth-order valence-electron chi connectivity index (χ4n) is 3.20. The molecule has 0 bridgehead atoms. The Labute approximate surface area is 155 Å². The monoisotopic (exact) mass is 368 g/mol. The van der Waals surface area contributed by atoms with Gasteiger partial charge in [-0.15, -0.1) is 0 Å². The molecule has 0 fully saturated rings. The van der Waals surface area contributed by atoms with Gasteiger partial charge in [0.1, 0.15) is 13.2 Å². The second-order valence-electron chi connectivity index (χ2n) is 6.33. The van der Waals surface area contributed by atoms with Crippen LogP contribution in [0.4, 0.5) is 0 Å². The van der Waals surface area contributed by atoms with Crippen LogP contribution in [-0.2, 0) is 6.54 Å². The van der Waals surface area contributed by atoms with Gasteiger partial charge in [-0.05, 0) is 32.4 Å². The Balaban J connectivity index is 1.85. The Hall–Kier alpha value is -2.60. The molecule has 0 radical (unpaired) electrons. The molecule has 2 heterocycles. The third-order valence-corrected chi connectivity index (χ3v) is 5.51. The molecule has 1 aliphatic heterocycles. The molecule has 1 aliphatic rings. The summed E-state index contributed by atoms with van der Waals surface area (Å²) in [7, 11) is 0. The Bertz CT molecular complexity index is 1080. The lowest BCUT2D eigenvalue weighted by Crippen LogP contribution is -2.17. The van der Waals surface area contributed by atoms with E-state index in [0.29, 0.717) is 23.6 Å².